The summed E-state index contributed by atoms with van der Waals surface area (Å²) in [6, 6.07) is 8.44. The molecule has 0 radical (unpaired) electrons. The van der Waals surface area contributed by atoms with Crippen LogP contribution in [0, 0.1) is 5.92 Å². The van der Waals surface area contributed by atoms with Gasteiger partial charge < -0.3 is 4.74 Å². The molecule has 2 heterocycles. The Morgan fingerprint density at radius 3 is 3.11 bits per heavy atom. The van der Waals surface area contributed by atoms with Gasteiger partial charge in [-0.3, -0.25) is 16.3 Å². The number of benzene rings is 1. The summed E-state index contributed by atoms with van der Waals surface area (Å²) in [6.45, 7) is 1.60. The Hall–Kier alpha value is -1.49. The minimum Gasteiger partial charge on any atom is -0.381 e. The molecule has 0 bridgehead atoms. The third-order valence-electron chi connectivity index (χ3n) is 3.67. The van der Waals surface area contributed by atoms with E-state index < -0.39 is 0 Å². The van der Waals surface area contributed by atoms with Crippen LogP contribution in [0.15, 0.2) is 36.7 Å². The highest BCUT2D eigenvalue weighted by molar-refractivity contribution is 5.85. The van der Waals surface area contributed by atoms with Crippen LogP contribution in [0.2, 0.25) is 0 Å². The highest BCUT2D eigenvalue weighted by Crippen LogP contribution is 2.32. The summed E-state index contributed by atoms with van der Waals surface area (Å²) >= 11 is 0. The number of pyridine rings is 1. The quantitative estimate of drug-likeness (QED) is 0.637. The molecule has 18 heavy (non-hydrogen) atoms. The van der Waals surface area contributed by atoms with Crippen molar-refractivity contribution in [1.29, 1.82) is 0 Å². The number of nitrogens with one attached hydrogen (secondary N) is 1. The highest BCUT2D eigenvalue weighted by Gasteiger charge is 2.27. The number of hydrogen-bond acceptors (Lipinski definition) is 4. The summed E-state index contributed by atoms with van der Waals surface area (Å²) in [7, 11) is 0. The fourth-order valence-electron chi connectivity index (χ4n) is 2.71. The van der Waals surface area contributed by atoms with Gasteiger partial charge in [-0.25, -0.2) is 0 Å². The normalized spacial score (nSPS) is 21.3. The third kappa shape index (κ3) is 1.99. The SMILES string of the molecule is NNC(c1cccc2cnccc12)C1CCOC1. The molecule has 4 heteroatoms. The van der Waals surface area contributed by atoms with Gasteiger partial charge in [0, 0.05) is 30.3 Å². The highest BCUT2D eigenvalue weighted by atomic mass is 16.5. The van der Waals surface area contributed by atoms with Crippen molar-refractivity contribution < 1.29 is 4.74 Å². The van der Waals surface area contributed by atoms with Gasteiger partial charge >= 0.3 is 0 Å². The van der Waals surface area contributed by atoms with E-state index in [2.05, 4.69) is 28.6 Å². The number of aromatic nitrogens is 1. The van der Waals surface area contributed by atoms with Crippen LogP contribution in [0.5, 0.6) is 0 Å². The molecule has 0 aliphatic carbocycles. The Morgan fingerprint density at radius 2 is 2.33 bits per heavy atom. The second-order valence-corrected chi connectivity index (χ2v) is 4.71. The summed E-state index contributed by atoms with van der Waals surface area (Å²) < 4.78 is 5.47. The number of rotatable bonds is 3. The van der Waals surface area contributed by atoms with E-state index in [1.165, 1.54) is 10.9 Å². The Kier molecular flexibility index (Phi) is 3.23. The standard InChI is InChI=1S/C14H17N3O/c15-17-14(11-5-7-18-9-11)13-3-1-2-10-8-16-6-4-12(10)13/h1-4,6,8,11,14,17H,5,7,9,15H2. The van der Waals surface area contributed by atoms with Gasteiger partial charge in [-0.1, -0.05) is 18.2 Å². The fraction of sp³-hybridized carbons (Fsp3) is 0.357. The van der Waals surface area contributed by atoms with Crippen molar-refractivity contribution in [3.05, 3.63) is 42.2 Å². The molecule has 0 spiro atoms. The second-order valence-electron chi connectivity index (χ2n) is 4.71. The monoisotopic (exact) mass is 243 g/mol. The molecule has 1 aromatic carbocycles. The zero-order chi connectivity index (χ0) is 12.4. The lowest BCUT2D eigenvalue weighted by Crippen LogP contribution is -2.34. The molecule has 1 aliphatic rings. The number of hydrazine groups is 1. The predicted octanol–water partition coefficient (Wildman–Crippen LogP) is 1.78. The molecule has 1 saturated heterocycles. The molecule has 1 aliphatic heterocycles. The number of ether oxygens (including phenoxy) is 1. The second kappa shape index (κ2) is 5.02. The largest absolute Gasteiger partial charge is 0.381 e. The molecule has 94 valence electrons. The molecular weight excluding hydrogens is 226 g/mol. The van der Waals surface area contributed by atoms with Crippen molar-refractivity contribution in [2.45, 2.75) is 12.5 Å². The van der Waals surface area contributed by atoms with Crippen molar-refractivity contribution in [1.82, 2.24) is 10.4 Å². The third-order valence-corrected chi connectivity index (χ3v) is 3.67. The first-order valence-electron chi connectivity index (χ1n) is 6.26. The van der Waals surface area contributed by atoms with Gasteiger partial charge in [-0.2, -0.15) is 0 Å². The first-order chi connectivity index (χ1) is 8.90. The minimum absolute atomic E-state index is 0.138. The van der Waals surface area contributed by atoms with E-state index in [9.17, 15) is 0 Å². The maximum atomic E-state index is 5.75. The molecule has 1 fully saturated rings. The molecule has 3 N–H and O–H groups in total. The molecule has 1 aromatic heterocycles. The molecule has 3 rings (SSSR count). The number of nitrogens with two attached hydrogens (primary N) is 1. The first-order valence-corrected chi connectivity index (χ1v) is 6.26. The van der Waals surface area contributed by atoms with Gasteiger partial charge in [-0.05, 0) is 23.4 Å². The van der Waals surface area contributed by atoms with Gasteiger partial charge in [0.2, 0.25) is 0 Å². The molecule has 2 atom stereocenters. The van der Waals surface area contributed by atoms with E-state index in [0.717, 1.165) is 25.0 Å². The van der Waals surface area contributed by atoms with E-state index in [-0.39, 0.29) is 6.04 Å². The van der Waals surface area contributed by atoms with E-state index in [1.54, 1.807) is 0 Å². The van der Waals surface area contributed by atoms with Gasteiger partial charge in [0.1, 0.15) is 0 Å². The van der Waals surface area contributed by atoms with Crippen LogP contribution in [-0.4, -0.2) is 18.2 Å². The summed E-state index contributed by atoms with van der Waals surface area (Å²) in [4.78, 5) is 4.16. The average Bonchev–Trinajstić information content (AvgIpc) is 2.94. The van der Waals surface area contributed by atoms with Crippen molar-refractivity contribution in [2.75, 3.05) is 13.2 Å². The summed E-state index contributed by atoms with van der Waals surface area (Å²) in [5.41, 5.74) is 4.18. The van der Waals surface area contributed by atoms with Crippen LogP contribution in [0.25, 0.3) is 10.8 Å². The Balaban J connectivity index is 2.06. The van der Waals surface area contributed by atoms with Gasteiger partial charge in [-0.15, -0.1) is 0 Å². The fourth-order valence-corrected chi connectivity index (χ4v) is 2.71. The first kappa shape index (κ1) is 11.6. The summed E-state index contributed by atoms with van der Waals surface area (Å²) in [5, 5.41) is 2.36. The van der Waals surface area contributed by atoms with Crippen LogP contribution in [-0.2, 0) is 4.74 Å². The maximum absolute atomic E-state index is 5.75. The van der Waals surface area contributed by atoms with Gasteiger partial charge in [0.15, 0.2) is 0 Å². The van der Waals surface area contributed by atoms with Crippen LogP contribution >= 0.6 is 0 Å². The van der Waals surface area contributed by atoms with E-state index in [0.29, 0.717) is 5.92 Å². The predicted molar refractivity (Wildman–Crippen MR) is 70.7 cm³/mol. The van der Waals surface area contributed by atoms with Crippen LogP contribution in [0.3, 0.4) is 0 Å². The molecular formula is C14H17N3O. The zero-order valence-corrected chi connectivity index (χ0v) is 10.2. The van der Waals surface area contributed by atoms with Crippen molar-refractivity contribution >= 4 is 10.8 Å². The number of hydrogen-bond donors (Lipinski definition) is 2. The zero-order valence-electron chi connectivity index (χ0n) is 10.2. The lowest BCUT2D eigenvalue weighted by molar-refractivity contribution is 0.177. The van der Waals surface area contributed by atoms with E-state index >= 15 is 0 Å². The molecule has 2 unspecified atom stereocenters. The van der Waals surface area contributed by atoms with E-state index in [4.69, 9.17) is 10.6 Å². The van der Waals surface area contributed by atoms with Crippen molar-refractivity contribution in [3.63, 3.8) is 0 Å². The molecule has 4 nitrogen and oxygen atoms in total. The van der Waals surface area contributed by atoms with Crippen LogP contribution < -0.4 is 11.3 Å². The molecule has 0 amide bonds. The number of nitrogens with zero attached hydrogens (tertiary/aromatic N) is 1. The van der Waals surface area contributed by atoms with Crippen LogP contribution in [0.1, 0.15) is 18.0 Å². The lowest BCUT2D eigenvalue weighted by Gasteiger charge is -2.23. The van der Waals surface area contributed by atoms with E-state index in [1.807, 2.05) is 18.5 Å². The Morgan fingerprint density at radius 1 is 1.39 bits per heavy atom. The lowest BCUT2D eigenvalue weighted by atomic mass is 9.90. The molecule has 0 saturated carbocycles. The minimum atomic E-state index is 0.138. The van der Waals surface area contributed by atoms with Crippen molar-refractivity contribution in [3.8, 4) is 0 Å². The van der Waals surface area contributed by atoms with Crippen molar-refractivity contribution in [2.24, 2.45) is 11.8 Å². The smallest absolute Gasteiger partial charge is 0.0517 e. The average molecular weight is 243 g/mol. The number of fused-ring (bicyclic) bond motifs is 1. The summed E-state index contributed by atoms with van der Waals surface area (Å²) in [5.74, 6) is 6.19. The topological polar surface area (TPSA) is 60.2 Å². The Bertz CT molecular complexity index is 532. The summed E-state index contributed by atoms with van der Waals surface area (Å²) in [6.07, 6.45) is 4.76. The maximum Gasteiger partial charge on any atom is 0.0517 e. The Labute approximate surface area is 106 Å². The molecule has 2 aromatic rings. The van der Waals surface area contributed by atoms with Crippen LogP contribution in [0.4, 0.5) is 0 Å². The van der Waals surface area contributed by atoms with Gasteiger partial charge in [0.05, 0.1) is 12.6 Å². The van der Waals surface area contributed by atoms with Gasteiger partial charge in [0.25, 0.3) is 0 Å².